The van der Waals surface area contributed by atoms with Gasteiger partial charge >= 0.3 is 5.97 Å². The zero-order chi connectivity index (χ0) is 25.9. The minimum absolute atomic E-state index is 0.00194. The van der Waals surface area contributed by atoms with Gasteiger partial charge in [0.25, 0.3) is 0 Å². The third kappa shape index (κ3) is 5.05. The number of rotatable bonds is 6. The van der Waals surface area contributed by atoms with Gasteiger partial charge in [-0.05, 0) is 60.2 Å². The Labute approximate surface area is 215 Å². The topological polar surface area (TPSA) is 64.6 Å². The number of esters is 1. The van der Waals surface area contributed by atoms with Gasteiger partial charge in [-0.3, -0.25) is 4.79 Å². The van der Waals surface area contributed by atoms with Crippen molar-refractivity contribution in [3.8, 4) is 5.75 Å². The molecule has 2 aliphatic rings. The molecule has 5 rings (SSSR count). The van der Waals surface area contributed by atoms with E-state index in [4.69, 9.17) is 9.47 Å². The summed E-state index contributed by atoms with van der Waals surface area (Å²) < 4.78 is 24.7. The molecule has 6 heteroatoms. The molecule has 188 valence electrons. The van der Waals surface area contributed by atoms with E-state index in [2.05, 4.69) is 5.32 Å². The minimum atomic E-state index is -0.635. The number of allylic oxidation sites excluding steroid dienone is 3. The summed E-state index contributed by atoms with van der Waals surface area (Å²) in [6.45, 7) is 1.94. The molecule has 2 unspecified atom stereocenters. The zero-order valence-electron chi connectivity index (χ0n) is 20.8. The summed E-state index contributed by atoms with van der Waals surface area (Å²) in [5, 5.41) is 3.35. The first-order valence-electron chi connectivity index (χ1n) is 12.3. The number of hydrogen-bond donors (Lipinski definition) is 1. The maximum absolute atomic E-state index is 13.8. The Kier molecular flexibility index (Phi) is 6.91. The molecule has 0 amide bonds. The van der Waals surface area contributed by atoms with Crippen LogP contribution in [0.1, 0.15) is 48.3 Å². The lowest BCUT2D eigenvalue weighted by Gasteiger charge is -2.36. The van der Waals surface area contributed by atoms with E-state index in [-0.39, 0.29) is 24.1 Å². The molecular formula is C31H28FNO4. The molecule has 0 aromatic heterocycles. The number of carbonyl (C=O) groups is 2. The molecule has 0 spiro atoms. The van der Waals surface area contributed by atoms with Crippen LogP contribution in [0.3, 0.4) is 0 Å². The third-order valence-electron chi connectivity index (χ3n) is 7.05. The van der Waals surface area contributed by atoms with E-state index in [0.29, 0.717) is 35.2 Å². The minimum Gasteiger partial charge on any atom is -0.497 e. The second kappa shape index (κ2) is 10.4. The monoisotopic (exact) mass is 497 g/mol. The number of benzene rings is 3. The van der Waals surface area contributed by atoms with Crippen LogP contribution in [0.15, 0.2) is 101 Å². The summed E-state index contributed by atoms with van der Waals surface area (Å²) >= 11 is 0. The summed E-state index contributed by atoms with van der Waals surface area (Å²) in [6, 6.07) is 23.2. The van der Waals surface area contributed by atoms with Crippen LogP contribution in [0.5, 0.6) is 5.75 Å². The Morgan fingerprint density at radius 1 is 0.946 bits per heavy atom. The summed E-state index contributed by atoms with van der Waals surface area (Å²) in [6.07, 6.45) is 0.935. The van der Waals surface area contributed by atoms with Crippen molar-refractivity contribution in [1.82, 2.24) is 5.32 Å². The Bertz CT molecular complexity index is 1370. The van der Waals surface area contributed by atoms with Crippen LogP contribution < -0.4 is 10.1 Å². The number of nitrogens with one attached hydrogen (secondary N) is 1. The van der Waals surface area contributed by atoms with Crippen LogP contribution >= 0.6 is 0 Å². The Morgan fingerprint density at radius 3 is 2.30 bits per heavy atom. The smallest absolute Gasteiger partial charge is 0.337 e. The fraction of sp³-hybridized carbons (Fsp3) is 0.226. The molecule has 2 atom stereocenters. The number of ketones is 1. The van der Waals surface area contributed by atoms with Crippen molar-refractivity contribution in [3.05, 3.63) is 124 Å². The maximum Gasteiger partial charge on any atom is 0.337 e. The second-order valence-electron chi connectivity index (χ2n) is 9.40. The molecule has 5 nitrogen and oxygen atoms in total. The molecule has 0 saturated heterocycles. The number of ether oxygens (including phenoxy) is 2. The van der Waals surface area contributed by atoms with Crippen LogP contribution in [-0.2, 0) is 20.9 Å². The Balaban J connectivity index is 1.49. The van der Waals surface area contributed by atoms with Crippen molar-refractivity contribution in [2.24, 2.45) is 0 Å². The Hall–Kier alpha value is -4.19. The molecule has 1 heterocycles. The molecule has 0 saturated carbocycles. The summed E-state index contributed by atoms with van der Waals surface area (Å²) in [4.78, 5) is 27.1. The van der Waals surface area contributed by atoms with Gasteiger partial charge in [0.2, 0.25) is 0 Å². The summed E-state index contributed by atoms with van der Waals surface area (Å²) in [7, 11) is 1.62. The first-order valence-corrected chi connectivity index (χ1v) is 12.3. The number of halogens is 1. The van der Waals surface area contributed by atoms with Gasteiger partial charge in [0.05, 0.1) is 12.7 Å². The van der Waals surface area contributed by atoms with Gasteiger partial charge in [0.15, 0.2) is 5.78 Å². The van der Waals surface area contributed by atoms with Gasteiger partial charge in [-0.15, -0.1) is 0 Å². The van der Waals surface area contributed by atoms with Gasteiger partial charge in [0, 0.05) is 29.3 Å². The number of carbonyl (C=O) groups excluding carboxylic acids is 2. The van der Waals surface area contributed by atoms with E-state index in [1.807, 2.05) is 61.5 Å². The first kappa shape index (κ1) is 24.5. The number of dihydropyridines is 1. The van der Waals surface area contributed by atoms with Gasteiger partial charge in [-0.1, -0.05) is 54.6 Å². The molecule has 1 N–H and O–H groups in total. The molecular weight excluding hydrogens is 469 g/mol. The van der Waals surface area contributed by atoms with E-state index < -0.39 is 11.9 Å². The van der Waals surface area contributed by atoms with Gasteiger partial charge < -0.3 is 14.8 Å². The molecule has 37 heavy (non-hydrogen) atoms. The fourth-order valence-electron chi connectivity index (χ4n) is 5.21. The molecule has 0 radical (unpaired) electrons. The lowest BCUT2D eigenvalue weighted by atomic mass is 9.71. The standard InChI is InChI=1S/C31H28FNO4/c1-19-28(31(35)37-18-20-6-4-3-5-7-20)29(22-8-12-24(32)13-9-22)30-26(33-19)16-23(17-27(30)34)21-10-14-25(36-2)15-11-21/h3-15,23,29,33H,16-18H2,1-2H3. The molecule has 3 aromatic carbocycles. The predicted molar refractivity (Wildman–Crippen MR) is 138 cm³/mol. The van der Waals surface area contributed by atoms with Crippen molar-refractivity contribution >= 4 is 11.8 Å². The van der Waals surface area contributed by atoms with Crippen LogP contribution in [0.4, 0.5) is 4.39 Å². The van der Waals surface area contributed by atoms with Crippen LogP contribution in [0, 0.1) is 5.82 Å². The predicted octanol–water partition coefficient (Wildman–Crippen LogP) is 5.94. The highest BCUT2D eigenvalue weighted by molar-refractivity contribution is 6.04. The molecule has 3 aromatic rings. The first-order chi connectivity index (χ1) is 17.9. The van der Waals surface area contributed by atoms with Crippen molar-refractivity contribution < 1.29 is 23.5 Å². The van der Waals surface area contributed by atoms with Crippen molar-refractivity contribution in [1.29, 1.82) is 0 Å². The van der Waals surface area contributed by atoms with E-state index >= 15 is 0 Å². The average Bonchev–Trinajstić information content (AvgIpc) is 2.92. The third-order valence-corrected chi connectivity index (χ3v) is 7.05. The number of Topliss-reactive ketones (excluding diaryl/α,β-unsaturated/α-hetero) is 1. The SMILES string of the molecule is COc1ccc(C2CC(=O)C3=C(C2)NC(C)=C(C(=O)OCc2ccccc2)C3c2ccc(F)cc2)cc1. The largest absolute Gasteiger partial charge is 0.497 e. The van der Waals surface area contributed by atoms with Gasteiger partial charge in [0.1, 0.15) is 18.2 Å². The van der Waals surface area contributed by atoms with E-state index in [1.54, 1.807) is 19.2 Å². The van der Waals surface area contributed by atoms with E-state index in [1.165, 1.54) is 12.1 Å². The van der Waals surface area contributed by atoms with Crippen molar-refractivity contribution in [3.63, 3.8) is 0 Å². The van der Waals surface area contributed by atoms with Gasteiger partial charge in [-0.2, -0.15) is 0 Å². The summed E-state index contributed by atoms with van der Waals surface area (Å²) in [5.41, 5.74) is 4.95. The number of hydrogen-bond acceptors (Lipinski definition) is 5. The normalized spacial score (nSPS) is 19.3. The molecule has 1 aliphatic carbocycles. The lowest BCUT2D eigenvalue weighted by Crippen LogP contribution is -2.36. The van der Waals surface area contributed by atoms with E-state index in [0.717, 1.165) is 22.6 Å². The zero-order valence-corrected chi connectivity index (χ0v) is 20.8. The van der Waals surface area contributed by atoms with Crippen molar-refractivity contribution in [2.75, 3.05) is 7.11 Å². The molecule has 1 aliphatic heterocycles. The maximum atomic E-state index is 13.8. The molecule has 0 fully saturated rings. The number of methoxy groups -OCH3 is 1. The van der Waals surface area contributed by atoms with E-state index in [9.17, 15) is 14.0 Å². The quantitative estimate of drug-likeness (QED) is 0.427. The highest BCUT2D eigenvalue weighted by Crippen LogP contribution is 2.45. The van der Waals surface area contributed by atoms with Crippen LogP contribution in [0.25, 0.3) is 0 Å². The fourth-order valence-corrected chi connectivity index (χ4v) is 5.21. The Morgan fingerprint density at radius 2 is 1.62 bits per heavy atom. The lowest BCUT2D eigenvalue weighted by molar-refractivity contribution is -0.140. The molecule has 0 bridgehead atoms. The van der Waals surface area contributed by atoms with Crippen LogP contribution in [-0.4, -0.2) is 18.9 Å². The average molecular weight is 498 g/mol. The van der Waals surface area contributed by atoms with Gasteiger partial charge in [-0.25, -0.2) is 9.18 Å². The second-order valence-corrected chi connectivity index (χ2v) is 9.40. The van der Waals surface area contributed by atoms with Crippen LogP contribution in [0.2, 0.25) is 0 Å². The van der Waals surface area contributed by atoms with Crippen molar-refractivity contribution in [2.45, 2.75) is 38.2 Å². The highest BCUT2D eigenvalue weighted by Gasteiger charge is 2.41. The highest BCUT2D eigenvalue weighted by atomic mass is 19.1. The summed E-state index contributed by atoms with van der Waals surface area (Å²) in [5.74, 6) is -0.794.